The van der Waals surface area contributed by atoms with Crippen molar-refractivity contribution < 1.29 is 17.9 Å². The van der Waals surface area contributed by atoms with Crippen molar-refractivity contribution in [2.75, 3.05) is 6.54 Å². The third kappa shape index (κ3) is 7.14. The zero-order valence-corrected chi connectivity index (χ0v) is 17.2. The summed E-state index contributed by atoms with van der Waals surface area (Å²) in [5, 5.41) is 3.04. The molecular formula is C20H32N2O4S. The molecule has 0 aliphatic heterocycles. The van der Waals surface area contributed by atoms with E-state index in [9.17, 15) is 13.2 Å². The Morgan fingerprint density at radius 2 is 1.81 bits per heavy atom. The topological polar surface area (TPSA) is 84.5 Å². The summed E-state index contributed by atoms with van der Waals surface area (Å²) in [6.45, 7) is 4.22. The number of ether oxygens (including phenoxy) is 1. The summed E-state index contributed by atoms with van der Waals surface area (Å²) in [6.07, 6.45) is 7.83. The van der Waals surface area contributed by atoms with Gasteiger partial charge in [-0.25, -0.2) is 13.1 Å². The van der Waals surface area contributed by atoms with Crippen molar-refractivity contribution in [2.24, 2.45) is 0 Å². The predicted octanol–water partition coefficient (Wildman–Crippen LogP) is 3.37. The minimum absolute atomic E-state index is 0.129. The third-order valence-electron chi connectivity index (χ3n) is 4.84. The molecule has 0 radical (unpaired) electrons. The molecule has 1 aromatic carbocycles. The number of carbonyl (C=O) groups excluding carboxylic acids is 1. The van der Waals surface area contributed by atoms with E-state index in [0.29, 0.717) is 12.3 Å². The molecule has 7 heteroatoms. The largest absolute Gasteiger partial charge is 0.481 e. The molecule has 1 aliphatic rings. The van der Waals surface area contributed by atoms with Gasteiger partial charge in [0.2, 0.25) is 10.0 Å². The molecular weight excluding hydrogens is 364 g/mol. The minimum atomic E-state index is -3.51. The van der Waals surface area contributed by atoms with E-state index >= 15 is 0 Å². The summed E-state index contributed by atoms with van der Waals surface area (Å²) < 4.78 is 32.8. The molecule has 0 spiro atoms. The maximum atomic E-state index is 12.3. The van der Waals surface area contributed by atoms with Crippen LogP contribution in [0.2, 0.25) is 0 Å². The van der Waals surface area contributed by atoms with Crippen molar-refractivity contribution in [3.8, 4) is 5.75 Å². The minimum Gasteiger partial charge on any atom is -0.481 e. The molecule has 6 nitrogen and oxygen atoms in total. The molecule has 0 saturated heterocycles. The SMILES string of the molecule is CCCCCNS(=O)(=O)c1ccc(O[C@@H](C)C(=O)NC2CCCCC2)cc1. The predicted molar refractivity (Wildman–Crippen MR) is 106 cm³/mol. The Morgan fingerprint density at radius 1 is 1.15 bits per heavy atom. The molecule has 0 aromatic heterocycles. The first-order valence-corrected chi connectivity index (χ1v) is 11.5. The number of sulfonamides is 1. The van der Waals surface area contributed by atoms with E-state index in [0.717, 1.165) is 44.9 Å². The molecule has 1 aromatic rings. The van der Waals surface area contributed by atoms with Crippen molar-refractivity contribution in [2.45, 2.75) is 82.3 Å². The molecule has 1 aliphatic carbocycles. The van der Waals surface area contributed by atoms with Gasteiger partial charge in [0.25, 0.3) is 5.91 Å². The number of carbonyl (C=O) groups is 1. The van der Waals surface area contributed by atoms with Gasteiger partial charge in [0.05, 0.1) is 4.90 Å². The number of hydrogen-bond donors (Lipinski definition) is 2. The molecule has 27 heavy (non-hydrogen) atoms. The third-order valence-corrected chi connectivity index (χ3v) is 6.32. The summed E-state index contributed by atoms with van der Waals surface area (Å²) in [4.78, 5) is 12.5. The highest BCUT2D eigenvalue weighted by molar-refractivity contribution is 7.89. The van der Waals surface area contributed by atoms with Gasteiger partial charge in [0.15, 0.2) is 6.10 Å². The molecule has 1 saturated carbocycles. The summed E-state index contributed by atoms with van der Waals surface area (Å²) >= 11 is 0. The quantitative estimate of drug-likeness (QED) is 0.594. The lowest BCUT2D eigenvalue weighted by Crippen LogP contribution is -2.43. The van der Waals surface area contributed by atoms with Gasteiger partial charge in [-0.05, 0) is 50.5 Å². The molecule has 0 heterocycles. The second-order valence-corrected chi connectivity index (χ2v) is 8.95. The van der Waals surface area contributed by atoms with E-state index in [4.69, 9.17) is 4.74 Å². The number of rotatable bonds is 10. The van der Waals surface area contributed by atoms with Crippen LogP contribution >= 0.6 is 0 Å². The van der Waals surface area contributed by atoms with Gasteiger partial charge >= 0.3 is 0 Å². The smallest absolute Gasteiger partial charge is 0.260 e. The average Bonchev–Trinajstić information content (AvgIpc) is 2.66. The number of nitrogens with one attached hydrogen (secondary N) is 2. The van der Waals surface area contributed by atoms with Crippen LogP contribution in [0.5, 0.6) is 5.75 Å². The second kappa shape index (κ2) is 10.7. The van der Waals surface area contributed by atoms with Gasteiger partial charge in [0, 0.05) is 12.6 Å². The van der Waals surface area contributed by atoms with Crippen LogP contribution in [0.1, 0.15) is 65.2 Å². The van der Waals surface area contributed by atoms with E-state index < -0.39 is 16.1 Å². The van der Waals surface area contributed by atoms with E-state index in [1.807, 2.05) is 0 Å². The lowest BCUT2D eigenvalue weighted by atomic mass is 9.95. The Hall–Kier alpha value is -1.60. The number of hydrogen-bond acceptors (Lipinski definition) is 4. The van der Waals surface area contributed by atoms with Crippen LogP contribution in [0.3, 0.4) is 0 Å². The number of amides is 1. The van der Waals surface area contributed by atoms with Gasteiger partial charge in [0.1, 0.15) is 5.75 Å². The van der Waals surface area contributed by atoms with E-state index in [1.165, 1.54) is 18.6 Å². The lowest BCUT2D eigenvalue weighted by molar-refractivity contribution is -0.128. The first-order valence-electron chi connectivity index (χ1n) is 9.99. The normalized spacial score (nSPS) is 16.7. The number of unbranched alkanes of at least 4 members (excludes halogenated alkanes) is 2. The van der Waals surface area contributed by atoms with Crippen LogP contribution < -0.4 is 14.8 Å². The molecule has 2 rings (SSSR count). The summed E-state index contributed by atoms with van der Waals surface area (Å²) in [5.41, 5.74) is 0. The second-order valence-electron chi connectivity index (χ2n) is 7.18. The van der Waals surface area contributed by atoms with Crippen molar-refractivity contribution in [3.63, 3.8) is 0 Å². The monoisotopic (exact) mass is 396 g/mol. The Bertz CT molecular complexity index is 682. The highest BCUT2D eigenvalue weighted by Crippen LogP contribution is 2.19. The van der Waals surface area contributed by atoms with Gasteiger partial charge in [-0.2, -0.15) is 0 Å². The highest BCUT2D eigenvalue weighted by Gasteiger charge is 2.21. The van der Waals surface area contributed by atoms with Crippen molar-refractivity contribution in [1.82, 2.24) is 10.0 Å². The van der Waals surface area contributed by atoms with Crippen LogP contribution in [0.15, 0.2) is 29.2 Å². The van der Waals surface area contributed by atoms with E-state index in [-0.39, 0.29) is 16.8 Å². The fourth-order valence-corrected chi connectivity index (χ4v) is 4.26. The Morgan fingerprint density at radius 3 is 2.44 bits per heavy atom. The van der Waals surface area contributed by atoms with Crippen LogP contribution in [0.25, 0.3) is 0 Å². The molecule has 1 amide bonds. The lowest BCUT2D eigenvalue weighted by Gasteiger charge is -2.24. The van der Waals surface area contributed by atoms with Crippen LogP contribution in [-0.4, -0.2) is 33.0 Å². The zero-order chi connectivity index (χ0) is 19.7. The summed E-state index contributed by atoms with van der Waals surface area (Å²) in [6, 6.07) is 6.42. The Balaban J connectivity index is 1.85. The first-order chi connectivity index (χ1) is 12.9. The van der Waals surface area contributed by atoms with Crippen molar-refractivity contribution in [1.29, 1.82) is 0 Å². The van der Waals surface area contributed by atoms with Crippen molar-refractivity contribution in [3.05, 3.63) is 24.3 Å². The molecule has 152 valence electrons. The van der Waals surface area contributed by atoms with Gasteiger partial charge in [-0.15, -0.1) is 0 Å². The Kier molecular flexibility index (Phi) is 8.57. The maximum absolute atomic E-state index is 12.3. The number of benzene rings is 1. The van der Waals surface area contributed by atoms with Gasteiger partial charge in [-0.3, -0.25) is 4.79 Å². The molecule has 1 fully saturated rings. The van der Waals surface area contributed by atoms with Gasteiger partial charge in [-0.1, -0.05) is 39.0 Å². The summed E-state index contributed by atoms with van der Waals surface area (Å²) in [5.74, 6) is 0.349. The van der Waals surface area contributed by atoms with Gasteiger partial charge < -0.3 is 10.1 Å². The van der Waals surface area contributed by atoms with Crippen LogP contribution in [0.4, 0.5) is 0 Å². The molecule has 1 atom stereocenters. The fraction of sp³-hybridized carbons (Fsp3) is 0.650. The standard InChI is InChI=1S/C20H32N2O4S/c1-3-4-8-15-21-27(24,25)19-13-11-18(12-14-19)26-16(2)20(23)22-17-9-6-5-7-10-17/h11-14,16-17,21H,3-10,15H2,1-2H3,(H,22,23)/t16-/m0/s1. The van der Waals surface area contributed by atoms with Crippen LogP contribution in [0, 0.1) is 0 Å². The highest BCUT2D eigenvalue weighted by atomic mass is 32.2. The molecule has 0 bridgehead atoms. The van der Waals surface area contributed by atoms with E-state index in [1.54, 1.807) is 19.1 Å². The maximum Gasteiger partial charge on any atom is 0.260 e. The van der Waals surface area contributed by atoms with Crippen LogP contribution in [-0.2, 0) is 14.8 Å². The zero-order valence-electron chi connectivity index (χ0n) is 16.4. The molecule has 0 unspecified atom stereocenters. The van der Waals surface area contributed by atoms with E-state index in [2.05, 4.69) is 17.0 Å². The fourth-order valence-electron chi connectivity index (χ4n) is 3.19. The Labute approximate surface area is 163 Å². The van der Waals surface area contributed by atoms with Crippen molar-refractivity contribution >= 4 is 15.9 Å². The first kappa shape index (κ1) is 21.7. The average molecular weight is 397 g/mol. The molecule has 2 N–H and O–H groups in total. The summed E-state index contributed by atoms with van der Waals surface area (Å²) in [7, 11) is -3.51.